The van der Waals surface area contributed by atoms with Crippen LogP contribution < -0.4 is 5.32 Å². The Balaban J connectivity index is 2.17. The number of carbonyl (C=O) groups is 2. The smallest absolute Gasteiger partial charge is 0.311 e. The third-order valence-corrected chi connectivity index (χ3v) is 3.96. The molecule has 2 atom stereocenters. The van der Waals surface area contributed by atoms with Crippen LogP contribution in [0, 0.1) is 11.2 Å². The highest BCUT2D eigenvalue weighted by atomic mass is 19.1. The van der Waals surface area contributed by atoms with E-state index < -0.39 is 34.9 Å². The Bertz CT molecular complexity index is 560. The van der Waals surface area contributed by atoms with Gasteiger partial charge in [-0.05, 0) is 31.9 Å². The first-order valence-electron chi connectivity index (χ1n) is 6.37. The maximum atomic E-state index is 12.9. The standard InChI is InChI=1S/C14H16FNO4/c1-14(13(19)20)6-2-3-11(14)16-12(18)9-5-4-8(15)7-10(9)17/h4-5,7,11,17H,2-3,6H2,1H3,(H,16,18)(H,19,20). The lowest BCUT2D eigenvalue weighted by atomic mass is 9.85. The number of phenols is 1. The minimum absolute atomic E-state index is 0.0639. The third-order valence-electron chi connectivity index (χ3n) is 3.96. The van der Waals surface area contributed by atoms with Crippen molar-refractivity contribution in [2.75, 3.05) is 0 Å². The maximum Gasteiger partial charge on any atom is 0.311 e. The second-order valence-corrected chi connectivity index (χ2v) is 5.30. The van der Waals surface area contributed by atoms with Crippen LogP contribution in [0.2, 0.25) is 0 Å². The van der Waals surface area contributed by atoms with Gasteiger partial charge in [0.1, 0.15) is 11.6 Å². The van der Waals surface area contributed by atoms with Gasteiger partial charge in [-0.25, -0.2) is 4.39 Å². The average molecular weight is 281 g/mol. The number of amides is 1. The molecule has 20 heavy (non-hydrogen) atoms. The molecule has 1 aliphatic rings. The molecule has 108 valence electrons. The zero-order chi connectivity index (χ0) is 14.9. The number of aromatic hydroxyl groups is 1. The van der Waals surface area contributed by atoms with Gasteiger partial charge in [-0.2, -0.15) is 0 Å². The first kappa shape index (κ1) is 14.3. The van der Waals surface area contributed by atoms with Crippen molar-refractivity contribution in [3.05, 3.63) is 29.6 Å². The number of rotatable bonds is 3. The molecule has 3 N–H and O–H groups in total. The van der Waals surface area contributed by atoms with Gasteiger partial charge in [0.2, 0.25) is 0 Å². The number of carboxylic acid groups (broad SMARTS) is 1. The van der Waals surface area contributed by atoms with E-state index in [9.17, 15) is 24.2 Å². The van der Waals surface area contributed by atoms with Gasteiger partial charge in [-0.1, -0.05) is 6.42 Å². The molecule has 2 rings (SSSR count). The van der Waals surface area contributed by atoms with Crippen molar-refractivity contribution < 1.29 is 24.2 Å². The molecule has 0 bridgehead atoms. The van der Waals surface area contributed by atoms with E-state index in [-0.39, 0.29) is 5.56 Å². The predicted molar refractivity (Wildman–Crippen MR) is 68.9 cm³/mol. The number of halogens is 1. The third kappa shape index (κ3) is 2.45. The number of aliphatic carboxylic acids is 1. The molecule has 2 unspecified atom stereocenters. The second-order valence-electron chi connectivity index (χ2n) is 5.30. The van der Waals surface area contributed by atoms with Crippen LogP contribution in [0.25, 0.3) is 0 Å². The van der Waals surface area contributed by atoms with Crippen molar-refractivity contribution in [3.8, 4) is 5.75 Å². The molecule has 0 aromatic heterocycles. The van der Waals surface area contributed by atoms with Crippen molar-refractivity contribution in [1.29, 1.82) is 0 Å². The highest BCUT2D eigenvalue weighted by molar-refractivity contribution is 5.97. The molecule has 6 heteroatoms. The van der Waals surface area contributed by atoms with E-state index in [0.29, 0.717) is 19.3 Å². The zero-order valence-electron chi connectivity index (χ0n) is 11.0. The van der Waals surface area contributed by atoms with E-state index >= 15 is 0 Å². The van der Waals surface area contributed by atoms with E-state index in [1.165, 1.54) is 6.07 Å². The fourth-order valence-corrected chi connectivity index (χ4v) is 2.59. The molecule has 0 saturated heterocycles. The fraction of sp³-hybridized carbons (Fsp3) is 0.429. The van der Waals surface area contributed by atoms with Crippen molar-refractivity contribution >= 4 is 11.9 Å². The van der Waals surface area contributed by atoms with Gasteiger partial charge in [-0.3, -0.25) is 9.59 Å². The van der Waals surface area contributed by atoms with Crippen LogP contribution in [0.3, 0.4) is 0 Å². The molecule has 0 heterocycles. The Morgan fingerprint density at radius 1 is 1.45 bits per heavy atom. The molecule has 1 aromatic carbocycles. The Morgan fingerprint density at radius 3 is 2.75 bits per heavy atom. The van der Waals surface area contributed by atoms with Gasteiger partial charge in [0.25, 0.3) is 5.91 Å². The normalized spacial score (nSPS) is 25.4. The molecule has 0 aliphatic heterocycles. The van der Waals surface area contributed by atoms with Gasteiger partial charge < -0.3 is 15.5 Å². The van der Waals surface area contributed by atoms with Crippen molar-refractivity contribution in [1.82, 2.24) is 5.32 Å². The monoisotopic (exact) mass is 281 g/mol. The number of nitrogens with one attached hydrogen (secondary N) is 1. The predicted octanol–water partition coefficient (Wildman–Crippen LogP) is 1.90. The summed E-state index contributed by atoms with van der Waals surface area (Å²) in [6.45, 7) is 1.60. The van der Waals surface area contributed by atoms with Crippen LogP contribution in [-0.2, 0) is 4.79 Å². The summed E-state index contributed by atoms with van der Waals surface area (Å²) in [5.74, 6) is -2.65. The average Bonchev–Trinajstić information content (AvgIpc) is 2.72. The number of hydrogen-bond donors (Lipinski definition) is 3. The molecule has 1 fully saturated rings. The first-order valence-corrected chi connectivity index (χ1v) is 6.37. The maximum absolute atomic E-state index is 12.9. The molecule has 1 saturated carbocycles. The minimum Gasteiger partial charge on any atom is -0.507 e. The SMILES string of the molecule is CC1(C(=O)O)CCCC1NC(=O)c1ccc(F)cc1O. The van der Waals surface area contributed by atoms with Crippen molar-refractivity contribution in [2.45, 2.75) is 32.2 Å². The highest BCUT2D eigenvalue weighted by Crippen LogP contribution is 2.38. The van der Waals surface area contributed by atoms with E-state index in [1.54, 1.807) is 6.92 Å². The first-order chi connectivity index (χ1) is 9.34. The quantitative estimate of drug-likeness (QED) is 0.789. The van der Waals surface area contributed by atoms with Gasteiger partial charge in [0.15, 0.2) is 0 Å². The van der Waals surface area contributed by atoms with Gasteiger partial charge in [0, 0.05) is 12.1 Å². The molecule has 0 spiro atoms. The van der Waals surface area contributed by atoms with Crippen molar-refractivity contribution in [3.63, 3.8) is 0 Å². The van der Waals surface area contributed by atoms with E-state index in [2.05, 4.69) is 5.32 Å². The Hall–Kier alpha value is -2.11. The number of benzene rings is 1. The van der Waals surface area contributed by atoms with Gasteiger partial charge in [0.05, 0.1) is 11.0 Å². The van der Waals surface area contributed by atoms with Gasteiger partial charge >= 0.3 is 5.97 Å². The highest BCUT2D eigenvalue weighted by Gasteiger charge is 2.46. The zero-order valence-corrected chi connectivity index (χ0v) is 11.0. The molecule has 1 aromatic rings. The Labute approximate surface area is 115 Å². The summed E-state index contributed by atoms with van der Waals surface area (Å²) in [6, 6.07) is 2.59. The summed E-state index contributed by atoms with van der Waals surface area (Å²) in [4.78, 5) is 23.4. The lowest BCUT2D eigenvalue weighted by molar-refractivity contribution is -0.148. The Kier molecular flexibility index (Phi) is 3.65. The van der Waals surface area contributed by atoms with E-state index in [0.717, 1.165) is 12.1 Å². The summed E-state index contributed by atoms with van der Waals surface area (Å²) in [5.41, 5.74) is -1.07. The molecule has 1 amide bonds. The van der Waals surface area contributed by atoms with E-state index in [1.807, 2.05) is 0 Å². The lowest BCUT2D eigenvalue weighted by Crippen LogP contribution is -2.47. The van der Waals surface area contributed by atoms with Crippen molar-refractivity contribution in [2.24, 2.45) is 5.41 Å². The number of phenolic OH excluding ortho intramolecular Hbond substituents is 1. The number of carbonyl (C=O) groups excluding carboxylic acids is 1. The molecule has 5 nitrogen and oxygen atoms in total. The summed E-state index contributed by atoms with van der Waals surface area (Å²) in [7, 11) is 0. The van der Waals surface area contributed by atoms with Crippen LogP contribution in [0.4, 0.5) is 4.39 Å². The van der Waals surface area contributed by atoms with E-state index in [4.69, 9.17) is 0 Å². The topological polar surface area (TPSA) is 86.6 Å². The Morgan fingerprint density at radius 2 is 2.15 bits per heavy atom. The lowest BCUT2D eigenvalue weighted by Gasteiger charge is -2.27. The van der Waals surface area contributed by atoms with Crippen LogP contribution in [-0.4, -0.2) is 28.1 Å². The van der Waals surface area contributed by atoms with Crippen LogP contribution in [0.5, 0.6) is 5.75 Å². The van der Waals surface area contributed by atoms with Crippen LogP contribution in [0.15, 0.2) is 18.2 Å². The molecular weight excluding hydrogens is 265 g/mol. The summed E-state index contributed by atoms with van der Waals surface area (Å²) in [5, 5.41) is 21.5. The van der Waals surface area contributed by atoms with Crippen LogP contribution in [0.1, 0.15) is 36.5 Å². The van der Waals surface area contributed by atoms with Crippen LogP contribution >= 0.6 is 0 Å². The fourth-order valence-electron chi connectivity index (χ4n) is 2.59. The molecular formula is C14H16FNO4. The summed E-state index contributed by atoms with van der Waals surface area (Å²) < 4.78 is 12.9. The number of carboxylic acids is 1. The molecule has 0 radical (unpaired) electrons. The number of hydrogen-bond acceptors (Lipinski definition) is 3. The summed E-state index contributed by atoms with van der Waals surface area (Å²) >= 11 is 0. The second kappa shape index (κ2) is 5.11. The largest absolute Gasteiger partial charge is 0.507 e. The minimum atomic E-state index is -1.01. The summed E-state index contributed by atoms with van der Waals surface area (Å²) in [6.07, 6.45) is 1.77. The molecule has 1 aliphatic carbocycles. The van der Waals surface area contributed by atoms with Gasteiger partial charge in [-0.15, -0.1) is 0 Å².